The molecule has 0 bridgehead atoms. The van der Waals surface area contributed by atoms with Gasteiger partial charge in [-0.05, 0) is 69.4 Å². The molecule has 1 aliphatic heterocycles. The van der Waals surface area contributed by atoms with Gasteiger partial charge in [0.25, 0.3) is 5.91 Å². The number of carbonyl (C=O) groups is 3. The zero-order chi connectivity index (χ0) is 25.2. The number of halogens is 1. The van der Waals surface area contributed by atoms with Crippen LogP contribution in [-0.2, 0) is 24.2 Å². The van der Waals surface area contributed by atoms with Crippen molar-refractivity contribution in [3.8, 4) is 0 Å². The standard InChI is InChI=1S/C28H30FN3O3/c1-19-17-24(20(2)31(19)16-14-22-9-11-23(29)12-10-22)25(33)18-32-26(34)28(3,30-27(32)35)15-13-21-7-5-4-6-8-21/h4-12,17H,13-16,18H2,1-3H3,(H,30,35). The fraction of sp³-hybridized carbons (Fsp3) is 0.321. The van der Waals surface area contributed by atoms with Crippen LogP contribution in [0.3, 0.4) is 0 Å². The van der Waals surface area contributed by atoms with Gasteiger partial charge in [-0.15, -0.1) is 0 Å². The summed E-state index contributed by atoms with van der Waals surface area (Å²) in [4.78, 5) is 39.9. The number of aryl methyl sites for hydroxylation is 3. The largest absolute Gasteiger partial charge is 0.348 e. The first-order valence-electron chi connectivity index (χ1n) is 11.8. The van der Waals surface area contributed by atoms with Crippen molar-refractivity contribution in [2.75, 3.05) is 6.54 Å². The highest BCUT2D eigenvalue weighted by Crippen LogP contribution is 2.25. The molecule has 0 saturated carbocycles. The predicted molar refractivity (Wildman–Crippen MR) is 132 cm³/mol. The summed E-state index contributed by atoms with van der Waals surface area (Å²) in [5, 5.41) is 2.78. The van der Waals surface area contributed by atoms with Gasteiger partial charge in [0.1, 0.15) is 11.4 Å². The van der Waals surface area contributed by atoms with Crippen molar-refractivity contribution >= 4 is 17.7 Å². The monoisotopic (exact) mass is 475 g/mol. The van der Waals surface area contributed by atoms with Crippen LogP contribution in [0.4, 0.5) is 9.18 Å². The Morgan fingerprint density at radius 2 is 1.63 bits per heavy atom. The van der Waals surface area contributed by atoms with Crippen molar-refractivity contribution in [2.24, 2.45) is 0 Å². The maximum atomic E-state index is 13.2. The minimum Gasteiger partial charge on any atom is -0.348 e. The Balaban J connectivity index is 1.42. The fourth-order valence-electron chi connectivity index (χ4n) is 4.65. The van der Waals surface area contributed by atoms with Crippen molar-refractivity contribution in [1.29, 1.82) is 0 Å². The SMILES string of the molecule is Cc1cc(C(=O)CN2C(=O)NC(C)(CCc3ccccc3)C2=O)c(C)n1CCc1ccc(F)cc1. The number of Topliss-reactive ketones (excluding diaryl/α,β-unsaturated/α-hetero) is 1. The molecule has 7 heteroatoms. The third kappa shape index (κ3) is 5.19. The van der Waals surface area contributed by atoms with Crippen LogP contribution in [0.5, 0.6) is 0 Å². The molecule has 0 aliphatic carbocycles. The zero-order valence-corrected chi connectivity index (χ0v) is 20.3. The van der Waals surface area contributed by atoms with Crippen LogP contribution in [0.1, 0.15) is 46.2 Å². The lowest BCUT2D eigenvalue weighted by Crippen LogP contribution is -2.44. The smallest absolute Gasteiger partial charge is 0.325 e. The van der Waals surface area contributed by atoms with E-state index in [-0.39, 0.29) is 24.1 Å². The second kappa shape index (κ2) is 9.86. The summed E-state index contributed by atoms with van der Waals surface area (Å²) in [6, 6.07) is 17.4. The summed E-state index contributed by atoms with van der Waals surface area (Å²) in [6.07, 6.45) is 1.78. The van der Waals surface area contributed by atoms with E-state index < -0.39 is 11.6 Å². The molecule has 3 aromatic rings. The number of benzene rings is 2. The molecule has 1 aliphatic rings. The van der Waals surface area contributed by atoms with Gasteiger partial charge in [0.05, 0.1) is 6.54 Å². The number of imide groups is 1. The van der Waals surface area contributed by atoms with Crippen LogP contribution in [0, 0.1) is 19.7 Å². The second-order valence-electron chi connectivity index (χ2n) is 9.38. The summed E-state index contributed by atoms with van der Waals surface area (Å²) in [5.41, 5.74) is 3.24. The molecular formula is C28H30FN3O3. The van der Waals surface area contributed by atoms with E-state index in [1.54, 1.807) is 25.1 Å². The highest BCUT2D eigenvalue weighted by atomic mass is 19.1. The van der Waals surface area contributed by atoms with E-state index in [0.717, 1.165) is 27.4 Å². The van der Waals surface area contributed by atoms with E-state index in [4.69, 9.17) is 0 Å². The molecule has 182 valence electrons. The number of aromatic nitrogens is 1. The number of urea groups is 1. The Bertz CT molecular complexity index is 1250. The summed E-state index contributed by atoms with van der Waals surface area (Å²) >= 11 is 0. The van der Waals surface area contributed by atoms with Gasteiger partial charge in [0, 0.05) is 23.5 Å². The average Bonchev–Trinajstić information content (AvgIpc) is 3.24. The van der Waals surface area contributed by atoms with Crippen molar-refractivity contribution < 1.29 is 18.8 Å². The fourth-order valence-corrected chi connectivity index (χ4v) is 4.65. The molecule has 2 heterocycles. The molecule has 1 fully saturated rings. The third-order valence-electron chi connectivity index (χ3n) is 6.81. The summed E-state index contributed by atoms with van der Waals surface area (Å²) in [6.45, 7) is 5.83. The zero-order valence-electron chi connectivity index (χ0n) is 20.3. The van der Waals surface area contributed by atoms with Gasteiger partial charge in [-0.1, -0.05) is 42.5 Å². The van der Waals surface area contributed by atoms with Crippen LogP contribution >= 0.6 is 0 Å². The van der Waals surface area contributed by atoms with Crippen molar-refractivity contribution in [1.82, 2.24) is 14.8 Å². The molecule has 2 aromatic carbocycles. The number of hydrogen-bond acceptors (Lipinski definition) is 3. The Hall–Kier alpha value is -3.74. The van der Waals surface area contributed by atoms with Gasteiger partial charge in [-0.25, -0.2) is 9.18 Å². The highest BCUT2D eigenvalue weighted by molar-refractivity contribution is 6.11. The first kappa shape index (κ1) is 24.4. The van der Waals surface area contributed by atoms with Gasteiger partial charge in [-0.2, -0.15) is 0 Å². The molecule has 0 spiro atoms. The van der Waals surface area contributed by atoms with E-state index in [1.807, 2.05) is 48.7 Å². The topological polar surface area (TPSA) is 71.4 Å². The Morgan fingerprint density at radius 3 is 2.31 bits per heavy atom. The van der Waals surface area contributed by atoms with Crippen LogP contribution < -0.4 is 5.32 Å². The Kier molecular flexibility index (Phi) is 6.87. The molecule has 1 unspecified atom stereocenters. The maximum absolute atomic E-state index is 13.2. The number of rotatable bonds is 9. The Morgan fingerprint density at radius 1 is 0.971 bits per heavy atom. The first-order valence-corrected chi connectivity index (χ1v) is 11.8. The molecule has 3 amide bonds. The van der Waals surface area contributed by atoms with Gasteiger partial charge in [0.15, 0.2) is 5.78 Å². The van der Waals surface area contributed by atoms with Gasteiger partial charge in [-0.3, -0.25) is 14.5 Å². The molecule has 35 heavy (non-hydrogen) atoms. The van der Waals surface area contributed by atoms with E-state index in [2.05, 4.69) is 5.32 Å². The molecule has 6 nitrogen and oxygen atoms in total. The molecular weight excluding hydrogens is 445 g/mol. The molecule has 1 saturated heterocycles. The molecule has 1 aromatic heterocycles. The van der Waals surface area contributed by atoms with Crippen LogP contribution in [0.15, 0.2) is 60.7 Å². The quantitative estimate of drug-likeness (QED) is 0.363. The molecule has 1 atom stereocenters. The molecule has 1 N–H and O–H groups in total. The number of nitrogens with zero attached hydrogens (tertiary/aromatic N) is 2. The summed E-state index contributed by atoms with van der Waals surface area (Å²) in [5.74, 6) is -0.926. The Labute approximate surface area is 204 Å². The average molecular weight is 476 g/mol. The van der Waals surface area contributed by atoms with E-state index >= 15 is 0 Å². The molecule has 4 rings (SSSR count). The van der Waals surface area contributed by atoms with Crippen LogP contribution in [0.25, 0.3) is 0 Å². The summed E-state index contributed by atoms with van der Waals surface area (Å²) < 4.78 is 15.2. The third-order valence-corrected chi connectivity index (χ3v) is 6.81. The minimum absolute atomic E-state index is 0.272. The number of amides is 3. The second-order valence-corrected chi connectivity index (χ2v) is 9.38. The van der Waals surface area contributed by atoms with Crippen molar-refractivity contribution in [3.63, 3.8) is 0 Å². The number of hydrogen-bond donors (Lipinski definition) is 1. The van der Waals surface area contributed by atoms with Gasteiger partial charge < -0.3 is 9.88 Å². The minimum atomic E-state index is -1.04. The normalized spacial score (nSPS) is 17.7. The van der Waals surface area contributed by atoms with Crippen molar-refractivity contribution in [2.45, 2.75) is 52.1 Å². The lowest BCUT2D eigenvalue weighted by atomic mass is 9.93. The van der Waals surface area contributed by atoms with E-state index in [9.17, 15) is 18.8 Å². The summed E-state index contributed by atoms with van der Waals surface area (Å²) in [7, 11) is 0. The van der Waals surface area contributed by atoms with Crippen LogP contribution in [-0.4, -0.2) is 39.3 Å². The van der Waals surface area contributed by atoms with Gasteiger partial charge in [0.2, 0.25) is 0 Å². The number of carbonyl (C=O) groups excluding carboxylic acids is 3. The lowest BCUT2D eigenvalue weighted by Gasteiger charge is -2.21. The van der Waals surface area contributed by atoms with Crippen molar-refractivity contribution in [3.05, 3.63) is 94.6 Å². The number of nitrogens with one attached hydrogen (secondary N) is 1. The van der Waals surface area contributed by atoms with E-state index in [0.29, 0.717) is 31.4 Å². The lowest BCUT2D eigenvalue weighted by molar-refractivity contribution is -0.130. The maximum Gasteiger partial charge on any atom is 0.325 e. The van der Waals surface area contributed by atoms with E-state index in [1.165, 1.54) is 12.1 Å². The number of ketones is 1. The highest BCUT2D eigenvalue weighted by Gasteiger charge is 2.48. The van der Waals surface area contributed by atoms with Gasteiger partial charge >= 0.3 is 6.03 Å². The first-order chi connectivity index (χ1) is 16.7. The predicted octanol–water partition coefficient (Wildman–Crippen LogP) is 4.61. The van der Waals surface area contributed by atoms with Crippen LogP contribution in [0.2, 0.25) is 0 Å². The molecule has 0 radical (unpaired) electrons.